The number of hydrogen-bond donors (Lipinski definition) is 2. The Morgan fingerprint density at radius 3 is 2.24 bits per heavy atom. The SMILES string of the molecule is C=N/C(=C\C=C(/C)N1CCN(CCN2CCC(CC3CCN(c4ccc5c(c4Cl)CN(C4CCC(=O)NC4=O)C5=O)CC3)CC2)CC1)Nc1ncc2c(C)c(C(C)=O)c(=O)n(C3CCCC3)c2n1. The van der Waals surface area contributed by atoms with E-state index in [4.69, 9.17) is 16.6 Å². The number of hydrogen-bond acceptors (Lipinski definition) is 13. The number of amides is 3. The first-order valence-corrected chi connectivity index (χ1v) is 25.2. The number of pyridine rings is 1. The summed E-state index contributed by atoms with van der Waals surface area (Å²) in [6.45, 7) is 19.8. The fourth-order valence-corrected chi connectivity index (χ4v) is 12.0. The number of anilines is 2. The minimum Gasteiger partial charge on any atom is -0.372 e. The lowest BCUT2D eigenvalue weighted by molar-refractivity contribution is -0.136. The first-order chi connectivity index (χ1) is 32.9. The van der Waals surface area contributed by atoms with Gasteiger partial charge in [0.05, 0.1) is 16.3 Å². The van der Waals surface area contributed by atoms with E-state index in [9.17, 15) is 24.0 Å². The molecule has 0 bridgehead atoms. The third-order valence-corrected chi connectivity index (χ3v) is 16.1. The summed E-state index contributed by atoms with van der Waals surface area (Å²) in [6.07, 6.45) is 16.1. The Kier molecular flexibility index (Phi) is 14.5. The quantitative estimate of drug-likeness (QED) is 0.0800. The molecule has 1 atom stereocenters. The van der Waals surface area contributed by atoms with Gasteiger partial charge in [-0.25, -0.2) is 9.98 Å². The monoisotopic (exact) mass is 947 g/mol. The number of aliphatic imine (C=N–C) groups is 1. The number of benzene rings is 1. The second-order valence-corrected chi connectivity index (χ2v) is 20.2. The summed E-state index contributed by atoms with van der Waals surface area (Å²) < 4.78 is 1.72. The molecule has 1 aromatic carbocycles. The van der Waals surface area contributed by atoms with E-state index in [1.54, 1.807) is 22.6 Å². The zero-order valence-corrected chi connectivity index (χ0v) is 40.7. The number of rotatable bonds is 14. The molecule has 9 rings (SSSR count). The lowest BCUT2D eigenvalue weighted by Crippen LogP contribution is -2.52. The van der Waals surface area contributed by atoms with E-state index in [1.165, 1.54) is 26.2 Å². The maximum atomic E-state index is 13.6. The molecule has 7 heterocycles. The molecule has 0 radical (unpaired) electrons. The number of halogens is 1. The van der Waals surface area contributed by atoms with E-state index in [2.05, 4.69) is 53.9 Å². The molecule has 68 heavy (non-hydrogen) atoms. The van der Waals surface area contributed by atoms with Crippen molar-refractivity contribution in [3.8, 4) is 0 Å². The highest BCUT2D eigenvalue weighted by atomic mass is 35.5. The van der Waals surface area contributed by atoms with Crippen molar-refractivity contribution in [2.45, 2.75) is 110 Å². The predicted molar refractivity (Wildman–Crippen MR) is 265 cm³/mol. The Labute approximate surface area is 403 Å². The van der Waals surface area contributed by atoms with Crippen molar-refractivity contribution < 1.29 is 19.2 Å². The lowest BCUT2D eigenvalue weighted by Gasteiger charge is -2.39. The Bertz CT molecular complexity index is 2580. The van der Waals surface area contributed by atoms with E-state index in [0.717, 1.165) is 127 Å². The topological polar surface area (TPSA) is 169 Å². The second kappa shape index (κ2) is 20.6. The number of carbonyl (C=O) groups excluding carboxylic acids is 4. The molecule has 5 aliphatic heterocycles. The van der Waals surface area contributed by atoms with E-state index >= 15 is 0 Å². The second-order valence-electron chi connectivity index (χ2n) is 19.8. The molecular formula is C51H66ClN11O5. The van der Waals surface area contributed by atoms with Crippen LogP contribution in [-0.4, -0.2) is 136 Å². The van der Waals surface area contributed by atoms with Crippen LogP contribution in [0.3, 0.4) is 0 Å². The molecule has 4 saturated heterocycles. The Balaban J connectivity index is 0.698. The minimum atomic E-state index is -0.649. The Morgan fingerprint density at radius 2 is 1.57 bits per heavy atom. The number of piperazine rings is 1. The number of ketones is 1. The average Bonchev–Trinajstić information content (AvgIpc) is 3.99. The molecule has 17 heteroatoms. The van der Waals surface area contributed by atoms with E-state index in [-0.39, 0.29) is 47.7 Å². The van der Waals surface area contributed by atoms with Gasteiger partial charge in [-0.15, -0.1) is 0 Å². The highest BCUT2D eigenvalue weighted by Crippen LogP contribution is 2.40. The summed E-state index contributed by atoms with van der Waals surface area (Å²) in [4.78, 5) is 88.8. The first kappa shape index (κ1) is 47.6. The van der Waals surface area contributed by atoms with Gasteiger partial charge in [-0.3, -0.25) is 38.8 Å². The van der Waals surface area contributed by atoms with Gasteiger partial charge in [-0.2, -0.15) is 4.98 Å². The van der Waals surface area contributed by atoms with Gasteiger partial charge in [0.2, 0.25) is 17.8 Å². The number of imide groups is 1. The number of aromatic nitrogens is 3. The van der Waals surface area contributed by atoms with Gasteiger partial charge in [0.15, 0.2) is 5.78 Å². The van der Waals surface area contributed by atoms with Gasteiger partial charge in [0.1, 0.15) is 17.5 Å². The van der Waals surface area contributed by atoms with Crippen molar-refractivity contribution >= 4 is 64.5 Å². The number of piperidine rings is 3. The van der Waals surface area contributed by atoms with Crippen molar-refractivity contribution in [3.63, 3.8) is 0 Å². The van der Waals surface area contributed by atoms with Crippen LogP contribution >= 0.6 is 11.6 Å². The predicted octanol–water partition coefficient (Wildman–Crippen LogP) is 6.33. The van der Waals surface area contributed by atoms with E-state index in [0.29, 0.717) is 51.3 Å². The summed E-state index contributed by atoms with van der Waals surface area (Å²) in [7, 11) is 0. The van der Waals surface area contributed by atoms with Crippen LogP contribution in [0.1, 0.15) is 122 Å². The summed E-state index contributed by atoms with van der Waals surface area (Å²) in [5.74, 6) is 1.16. The molecule has 3 amide bonds. The summed E-state index contributed by atoms with van der Waals surface area (Å²) in [5.41, 5.74) is 4.54. The van der Waals surface area contributed by atoms with Gasteiger partial charge >= 0.3 is 0 Å². The number of allylic oxidation sites excluding steroid dienone is 3. The van der Waals surface area contributed by atoms with Crippen molar-refractivity contribution in [1.82, 2.24) is 39.5 Å². The maximum Gasteiger partial charge on any atom is 0.263 e. The molecule has 16 nitrogen and oxygen atoms in total. The molecule has 362 valence electrons. The summed E-state index contributed by atoms with van der Waals surface area (Å²) >= 11 is 6.99. The number of aryl methyl sites for hydroxylation is 1. The highest BCUT2D eigenvalue weighted by Gasteiger charge is 2.41. The van der Waals surface area contributed by atoms with Gasteiger partial charge in [-0.1, -0.05) is 24.4 Å². The molecule has 1 unspecified atom stereocenters. The smallest absolute Gasteiger partial charge is 0.263 e. The van der Waals surface area contributed by atoms with Gasteiger partial charge < -0.3 is 24.9 Å². The van der Waals surface area contributed by atoms with Crippen molar-refractivity contribution in [1.29, 1.82) is 0 Å². The van der Waals surface area contributed by atoms with Crippen LogP contribution in [0.5, 0.6) is 0 Å². The molecule has 3 aromatic rings. The van der Waals surface area contributed by atoms with E-state index < -0.39 is 11.9 Å². The molecule has 6 aliphatic rings. The first-order valence-electron chi connectivity index (χ1n) is 24.8. The van der Waals surface area contributed by atoms with Crippen LogP contribution < -0.4 is 21.1 Å². The van der Waals surface area contributed by atoms with Gasteiger partial charge in [-0.05, 0) is 134 Å². The zero-order valence-electron chi connectivity index (χ0n) is 39.9. The van der Waals surface area contributed by atoms with Crippen LogP contribution in [0.25, 0.3) is 11.0 Å². The highest BCUT2D eigenvalue weighted by molar-refractivity contribution is 6.35. The Hall–Kier alpha value is -5.45. The van der Waals surface area contributed by atoms with E-state index in [1.807, 2.05) is 24.3 Å². The number of nitrogens with zero attached hydrogens (tertiary/aromatic N) is 9. The van der Waals surface area contributed by atoms with Crippen LogP contribution in [-0.2, 0) is 16.1 Å². The average molecular weight is 949 g/mol. The van der Waals surface area contributed by atoms with Gasteiger partial charge in [0.25, 0.3) is 11.5 Å². The standard InChI is InChI=1S/C51H66ClN11O5/c1-32(9-13-43(53-4)55-51-54-30-39-33(2)45(34(3)64)50(68)63(47(39)57-51)37-7-5-6-8-37)60-27-25-59(26-28-60)24-23-58-19-15-35(16-20-58)29-36-17-21-61(22-18-36)41-11-10-38-40(46(41)52)31-62(49(38)67)42-12-14-44(65)56-48(42)66/h9-11,13,30,35-37,42H,4-8,12,14-29,31H2,1-3H3,(H,54,55,57)(H,56,65,66)/b32-9+,43-13+. The van der Waals surface area contributed by atoms with Crippen molar-refractivity contribution in [2.75, 3.05) is 75.7 Å². The van der Waals surface area contributed by atoms with Crippen LogP contribution in [0.4, 0.5) is 11.6 Å². The Morgan fingerprint density at radius 1 is 0.897 bits per heavy atom. The molecule has 1 saturated carbocycles. The number of likely N-dealkylation sites (tertiary alicyclic amines) is 1. The van der Waals surface area contributed by atoms with Crippen LogP contribution in [0.2, 0.25) is 5.02 Å². The maximum absolute atomic E-state index is 13.6. The minimum absolute atomic E-state index is 0.00388. The van der Waals surface area contributed by atoms with Crippen molar-refractivity contribution in [2.24, 2.45) is 16.8 Å². The third kappa shape index (κ3) is 10.00. The molecule has 1 aliphatic carbocycles. The van der Waals surface area contributed by atoms with Crippen molar-refractivity contribution in [3.05, 3.63) is 79.6 Å². The molecule has 5 fully saturated rings. The zero-order chi connectivity index (χ0) is 47.6. The molecular weight excluding hydrogens is 882 g/mol. The summed E-state index contributed by atoms with van der Waals surface area (Å²) in [6, 6.07) is 3.18. The number of nitrogens with one attached hydrogen (secondary N) is 2. The third-order valence-electron chi connectivity index (χ3n) is 15.7. The summed E-state index contributed by atoms with van der Waals surface area (Å²) in [5, 5.41) is 6.88. The molecule has 0 spiro atoms. The van der Waals surface area contributed by atoms with Crippen LogP contribution in [0, 0.1) is 18.8 Å². The fourth-order valence-electron chi connectivity index (χ4n) is 11.6. The number of fused-ring (bicyclic) bond motifs is 2. The normalized spacial score (nSPS) is 22.1. The number of carbonyl (C=O) groups is 4. The largest absolute Gasteiger partial charge is 0.372 e. The van der Waals surface area contributed by atoms with Crippen LogP contribution in [0.15, 0.2) is 51.8 Å². The molecule has 2 N–H and O–H groups in total. The lowest BCUT2D eigenvalue weighted by atomic mass is 9.82. The van der Waals surface area contributed by atoms with Gasteiger partial charge in [0, 0.05) is 99.8 Å². The number of Topliss-reactive ketones (excluding diaryl/α,β-unsaturated/α-hetero) is 1. The molecule has 2 aromatic heterocycles. The fraction of sp³-hybridized carbons (Fsp3) is 0.569.